The SMILES string of the molecule is NC(=O)CC[N+]1(c2ccc(-c3ccc(OCc4ccccc4)c(=O)cc3)c(F)c2)CCOC1=O. The van der Waals surface area contributed by atoms with Crippen LogP contribution >= 0.6 is 0 Å². The first kappa shape index (κ1) is 23.1. The van der Waals surface area contributed by atoms with E-state index in [-0.39, 0.29) is 53.9 Å². The number of carbonyl (C=O) groups is 2. The fourth-order valence-electron chi connectivity index (χ4n) is 3.96. The molecule has 2 N–H and O–H groups in total. The lowest BCUT2D eigenvalue weighted by atomic mass is 10.1. The maximum absolute atomic E-state index is 15.2. The molecular weight excluding hydrogens is 439 g/mol. The highest BCUT2D eigenvalue weighted by atomic mass is 19.1. The third-order valence-electron chi connectivity index (χ3n) is 5.85. The van der Waals surface area contributed by atoms with Gasteiger partial charge >= 0.3 is 6.09 Å². The Morgan fingerprint density at radius 3 is 2.47 bits per heavy atom. The zero-order valence-corrected chi connectivity index (χ0v) is 18.4. The summed E-state index contributed by atoms with van der Waals surface area (Å²) >= 11 is 0. The normalized spacial score (nSPS) is 17.3. The van der Waals surface area contributed by atoms with Crippen LogP contribution in [0.15, 0.2) is 77.6 Å². The Labute approximate surface area is 195 Å². The van der Waals surface area contributed by atoms with E-state index in [0.717, 1.165) is 5.56 Å². The van der Waals surface area contributed by atoms with Crippen molar-refractivity contribution in [2.45, 2.75) is 13.0 Å². The number of hydrogen-bond donors (Lipinski definition) is 1. The molecule has 1 aliphatic heterocycles. The molecule has 1 unspecified atom stereocenters. The number of primary amides is 1. The van der Waals surface area contributed by atoms with E-state index in [2.05, 4.69) is 0 Å². The maximum Gasteiger partial charge on any atom is 0.521 e. The summed E-state index contributed by atoms with van der Waals surface area (Å²) in [6, 6.07) is 19.9. The average molecular weight is 463 g/mol. The molecule has 0 radical (unpaired) electrons. The quantitative estimate of drug-likeness (QED) is 0.513. The van der Waals surface area contributed by atoms with Crippen LogP contribution in [0.3, 0.4) is 0 Å². The van der Waals surface area contributed by atoms with E-state index < -0.39 is 17.8 Å². The second kappa shape index (κ2) is 9.84. The molecule has 0 aliphatic carbocycles. The fourth-order valence-corrected chi connectivity index (χ4v) is 3.96. The van der Waals surface area contributed by atoms with Crippen LogP contribution in [0.5, 0.6) is 5.75 Å². The number of amides is 2. The van der Waals surface area contributed by atoms with E-state index in [1.807, 2.05) is 30.3 Å². The van der Waals surface area contributed by atoms with Gasteiger partial charge in [0.2, 0.25) is 11.3 Å². The minimum Gasteiger partial charge on any atom is -0.485 e. The van der Waals surface area contributed by atoms with Gasteiger partial charge in [-0.3, -0.25) is 9.59 Å². The number of ether oxygens (including phenoxy) is 2. The van der Waals surface area contributed by atoms with Gasteiger partial charge < -0.3 is 15.2 Å². The Balaban J connectivity index is 1.61. The van der Waals surface area contributed by atoms with Gasteiger partial charge in [0, 0.05) is 17.7 Å². The Hall–Kier alpha value is -4.04. The topological polar surface area (TPSA) is 95.7 Å². The second-order valence-corrected chi connectivity index (χ2v) is 8.03. The maximum atomic E-state index is 15.2. The highest BCUT2D eigenvalue weighted by Gasteiger charge is 2.46. The summed E-state index contributed by atoms with van der Waals surface area (Å²) in [7, 11) is 0. The molecule has 8 heteroatoms. The van der Waals surface area contributed by atoms with Crippen molar-refractivity contribution in [1.29, 1.82) is 0 Å². The number of rotatable bonds is 8. The van der Waals surface area contributed by atoms with Crippen molar-refractivity contribution in [2.75, 3.05) is 19.7 Å². The monoisotopic (exact) mass is 463 g/mol. The third-order valence-corrected chi connectivity index (χ3v) is 5.85. The van der Waals surface area contributed by atoms with Gasteiger partial charge in [-0.15, -0.1) is 0 Å². The summed E-state index contributed by atoms with van der Waals surface area (Å²) in [5.41, 5.74) is 6.97. The summed E-state index contributed by atoms with van der Waals surface area (Å²) in [6.07, 6.45) is -0.582. The second-order valence-electron chi connectivity index (χ2n) is 8.03. The van der Waals surface area contributed by atoms with E-state index >= 15 is 4.39 Å². The molecule has 7 nitrogen and oxygen atoms in total. The van der Waals surface area contributed by atoms with Crippen LogP contribution in [0.4, 0.5) is 14.9 Å². The standard InChI is InChI=1S/C26H23FN2O5/c27-22-16-20(29(13-12-25(28)31)14-15-33-26(29)32)8-9-21(22)19-6-10-23(30)24(11-7-19)34-17-18-4-2-1-3-5-18/h1-11,16H,12-15,17H2,(H-,28,31)/p+1. The number of halogens is 1. The molecule has 2 amide bonds. The average Bonchev–Trinajstić information content (AvgIpc) is 3.11. The summed E-state index contributed by atoms with van der Waals surface area (Å²) < 4.78 is 25.7. The number of carbonyl (C=O) groups excluding carboxylic acids is 2. The van der Waals surface area contributed by atoms with Crippen molar-refractivity contribution < 1.29 is 23.5 Å². The van der Waals surface area contributed by atoms with Crippen LogP contribution in [0.1, 0.15) is 12.0 Å². The zero-order chi connectivity index (χ0) is 24.1. The van der Waals surface area contributed by atoms with Crippen LogP contribution in [-0.4, -0.2) is 31.7 Å². The number of hydrogen-bond acceptors (Lipinski definition) is 5. The van der Waals surface area contributed by atoms with Crippen LogP contribution in [0.25, 0.3) is 11.1 Å². The molecule has 0 bridgehead atoms. The van der Waals surface area contributed by atoms with Crippen molar-refractivity contribution in [3.63, 3.8) is 0 Å². The first-order chi connectivity index (χ1) is 16.4. The van der Waals surface area contributed by atoms with E-state index in [1.165, 1.54) is 24.3 Å². The highest BCUT2D eigenvalue weighted by Crippen LogP contribution is 2.33. The molecule has 3 aromatic rings. The number of cyclic esters (lactones) is 1. The minimum atomic E-state index is -0.570. The van der Waals surface area contributed by atoms with E-state index in [4.69, 9.17) is 15.2 Å². The Kier molecular flexibility index (Phi) is 6.70. The predicted octanol–water partition coefficient (Wildman–Crippen LogP) is 3.76. The molecule has 1 heterocycles. The number of nitrogens with zero attached hydrogens (tertiary/aromatic N) is 1. The Morgan fingerprint density at radius 2 is 1.79 bits per heavy atom. The van der Waals surface area contributed by atoms with Gasteiger partial charge in [0.05, 0.1) is 6.42 Å². The van der Waals surface area contributed by atoms with Gasteiger partial charge in [-0.25, -0.2) is 4.39 Å². The van der Waals surface area contributed by atoms with Crippen molar-refractivity contribution >= 4 is 17.7 Å². The Morgan fingerprint density at radius 1 is 1.03 bits per heavy atom. The first-order valence-corrected chi connectivity index (χ1v) is 10.8. The van der Waals surface area contributed by atoms with Gasteiger partial charge in [0.1, 0.15) is 37.8 Å². The molecule has 3 aromatic carbocycles. The summed E-state index contributed by atoms with van der Waals surface area (Å²) in [4.78, 5) is 36.2. The molecular formula is C26H24FN2O5+. The number of nitrogens with two attached hydrogens (primary N) is 1. The molecule has 1 saturated heterocycles. The van der Waals surface area contributed by atoms with Crippen molar-refractivity contribution in [1.82, 2.24) is 4.48 Å². The zero-order valence-electron chi connectivity index (χ0n) is 18.4. The lowest BCUT2D eigenvalue weighted by molar-refractivity contribution is -0.118. The van der Waals surface area contributed by atoms with Crippen molar-refractivity contribution in [3.05, 3.63) is 94.4 Å². The summed E-state index contributed by atoms with van der Waals surface area (Å²) in [5.74, 6) is -0.966. The molecule has 1 aliphatic rings. The summed E-state index contributed by atoms with van der Waals surface area (Å²) in [6.45, 7) is 0.787. The lowest BCUT2D eigenvalue weighted by Gasteiger charge is -2.27. The van der Waals surface area contributed by atoms with Gasteiger partial charge in [-0.2, -0.15) is 9.28 Å². The molecule has 0 saturated carbocycles. The summed E-state index contributed by atoms with van der Waals surface area (Å²) in [5, 5.41) is 0. The molecule has 4 rings (SSSR count). The van der Waals surface area contributed by atoms with Crippen molar-refractivity contribution in [3.8, 4) is 16.9 Å². The molecule has 0 spiro atoms. The minimum absolute atomic E-state index is 0.0367. The van der Waals surface area contributed by atoms with E-state index in [0.29, 0.717) is 11.3 Å². The number of quaternary nitrogens is 1. The fraction of sp³-hybridized carbons (Fsp3) is 0.192. The van der Waals surface area contributed by atoms with E-state index in [1.54, 1.807) is 18.2 Å². The number of benzene rings is 2. The third kappa shape index (κ3) is 4.82. The Bertz CT molecular complexity index is 1280. The van der Waals surface area contributed by atoms with E-state index in [9.17, 15) is 14.4 Å². The molecule has 1 fully saturated rings. The smallest absolute Gasteiger partial charge is 0.485 e. The largest absolute Gasteiger partial charge is 0.521 e. The highest BCUT2D eigenvalue weighted by molar-refractivity contribution is 5.86. The van der Waals surface area contributed by atoms with Crippen LogP contribution in [0, 0.1) is 5.82 Å². The first-order valence-electron chi connectivity index (χ1n) is 10.8. The predicted molar refractivity (Wildman–Crippen MR) is 126 cm³/mol. The molecule has 0 aromatic heterocycles. The molecule has 34 heavy (non-hydrogen) atoms. The van der Waals surface area contributed by atoms with Gasteiger partial charge in [-0.05, 0) is 29.3 Å². The van der Waals surface area contributed by atoms with Crippen LogP contribution < -0.4 is 20.4 Å². The lowest BCUT2D eigenvalue weighted by Crippen LogP contribution is -2.51. The van der Waals surface area contributed by atoms with Gasteiger partial charge in [0.15, 0.2) is 5.75 Å². The van der Waals surface area contributed by atoms with Crippen LogP contribution in [0.2, 0.25) is 0 Å². The molecule has 174 valence electrons. The van der Waals surface area contributed by atoms with Crippen molar-refractivity contribution in [2.24, 2.45) is 5.73 Å². The molecule has 1 atom stereocenters. The van der Waals surface area contributed by atoms with Crippen LogP contribution in [-0.2, 0) is 16.1 Å². The van der Waals surface area contributed by atoms with Gasteiger partial charge in [0.25, 0.3) is 0 Å². The van der Waals surface area contributed by atoms with Gasteiger partial charge in [-0.1, -0.05) is 42.5 Å².